The highest BCUT2D eigenvalue weighted by atomic mass is 16.6. The molecule has 2 amide bonds. The van der Waals surface area contributed by atoms with Gasteiger partial charge in [-0.1, -0.05) is 0 Å². The Hall–Kier alpha value is -4.34. The molecule has 2 aromatic carbocycles. The zero-order valence-electron chi connectivity index (χ0n) is 22.9. The molecule has 10 nitrogen and oxygen atoms in total. The third kappa shape index (κ3) is 9.37. The van der Waals surface area contributed by atoms with E-state index >= 15 is 0 Å². The molecule has 2 N–H and O–H groups in total. The third-order valence-corrected chi connectivity index (χ3v) is 8.12. The molecule has 0 spiro atoms. The van der Waals surface area contributed by atoms with Gasteiger partial charge in [0.05, 0.1) is 9.85 Å². The van der Waals surface area contributed by atoms with Crippen LogP contribution in [0.5, 0.6) is 0 Å². The van der Waals surface area contributed by atoms with E-state index in [0.717, 1.165) is 62.5 Å². The molecule has 0 atom stereocenters. The standard InChI is InChI=1S/C31H36N4O6/c36-30(19-9-22-5-15-28(16-6-22)34(38)39)32-26-11-1-24(2-12-26)21-25-3-13-27(14-4-25)33-31(37)20-10-23-7-17-29(18-8-23)35(40)41/h5-10,15-20,24-27H,1-4,11-14,21H2,(H,32,36)(H,33,37)/b19-9+,20-10+. The molecule has 4 rings (SSSR count). The number of nitrogens with zero attached hydrogens (tertiary/aromatic N) is 2. The van der Waals surface area contributed by atoms with Gasteiger partial charge in [-0.3, -0.25) is 29.8 Å². The van der Waals surface area contributed by atoms with Gasteiger partial charge in [-0.25, -0.2) is 0 Å². The highest BCUT2D eigenvalue weighted by Gasteiger charge is 2.27. The number of nitro groups is 2. The van der Waals surface area contributed by atoms with Crippen molar-refractivity contribution in [3.63, 3.8) is 0 Å². The largest absolute Gasteiger partial charge is 0.350 e. The van der Waals surface area contributed by atoms with Crippen LogP contribution < -0.4 is 10.6 Å². The van der Waals surface area contributed by atoms with E-state index in [1.54, 1.807) is 36.4 Å². The monoisotopic (exact) mass is 560 g/mol. The fourth-order valence-corrected chi connectivity index (χ4v) is 5.81. The van der Waals surface area contributed by atoms with Gasteiger partial charge >= 0.3 is 0 Å². The van der Waals surface area contributed by atoms with Crippen molar-refractivity contribution in [1.82, 2.24) is 10.6 Å². The number of carbonyl (C=O) groups excluding carboxylic acids is 2. The van der Waals surface area contributed by atoms with Crippen molar-refractivity contribution in [2.24, 2.45) is 11.8 Å². The Morgan fingerprint density at radius 2 is 0.976 bits per heavy atom. The van der Waals surface area contributed by atoms with Gasteiger partial charge in [0.1, 0.15) is 0 Å². The number of rotatable bonds is 10. The lowest BCUT2D eigenvalue weighted by molar-refractivity contribution is -0.385. The zero-order valence-corrected chi connectivity index (χ0v) is 22.9. The number of amides is 2. The van der Waals surface area contributed by atoms with Gasteiger partial charge in [-0.2, -0.15) is 0 Å². The molecule has 0 heterocycles. The van der Waals surface area contributed by atoms with E-state index in [1.807, 2.05) is 0 Å². The molecule has 216 valence electrons. The van der Waals surface area contributed by atoms with Crippen molar-refractivity contribution < 1.29 is 19.4 Å². The molecule has 0 bridgehead atoms. The van der Waals surface area contributed by atoms with Crippen LogP contribution in [0, 0.1) is 32.1 Å². The number of carbonyl (C=O) groups is 2. The molecule has 2 fully saturated rings. The number of nitrogens with one attached hydrogen (secondary N) is 2. The Morgan fingerprint density at radius 3 is 1.29 bits per heavy atom. The van der Waals surface area contributed by atoms with Crippen molar-refractivity contribution in [1.29, 1.82) is 0 Å². The Kier molecular flexibility index (Phi) is 10.4. The molecule has 2 aliphatic carbocycles. The van der Waals surface area contributed by atoms with Crippen molar-refractivity contribution in [2.45, 2.75) is 69.9 Å². The summed E-state index contributed by atoms with van der Waals surface area (Å²) in [6, 6.07) is 12.5. The van der Waals surface area contributed by atoms with Gasteiger partial charge < -0.3 is 10.6 Å². The first-order chi connectivity index (χ1) is 19.7. The van der Waals surface area contributed by atoms with Gasteiger partial charge in [-0.05, 0) is 117 Å². The quantitative estimate of drug-likeness (QED) is 0.208. The predicted octanol–water partition coefficient (Wildman–Crippen LogP) is 5.97. The van der Waals surface area contributed by atoms with Crippen LogP contribution in [-0.4, -0.2) is 33.7 Å². The summed E-state index contributed by atoms with van der Waals surface area (Å²) in [4.78, 5) is 45.3. The molecule has 10 heteroatoms. The Bertz CT molecular complexity index is 1170. The molecular formula is C31H36N4O6. The van der Waals surface area contributed by atoms with E-state index in [2.05, 4.69) is 10.6 Å². The normalized spacial score (nSPS) is 22.8. The first kappa shape index (κ1) is 29.6. The minimum atomic E-state index is -0.449. The van der Waals surface area contributed by atoms with E-state index in [9.17, 15) is 29.8 Å². The van der Waals surface area contributed by atoms with Crippen LogP contribution in [0.4, 0.5) is 11.4 Å². The van der Waals surface area contributed by atoms with E-state index in [-0.39, 0.29) is 35.3 Å². The van der Waals surface area contributed by atoms with Crippen LogP contribution in [0.25, 0.3) is 12.2 Å². The fraction of sp³-hybridized carbons (Fsp3) is 0.419. The van der Waals surface area contributed by atoms with E-state index < -0.39 is 9.85 Å². The van der Waals surface area contributed by atoms with Crippen LogP contribution >= 0.6 is 0 Å². The molecule has 0 unspecified atom stereocenters. The van der Waals surface area contributed by atoms with Gasteiger partial charge in [0.25, 0.3) is 11.4 Å². The first-order valence-corrected chi connectivity index (χ1v) is 14.2. The zero-order chi connectivity index (χ0) is 29.2. The number of benzene rings is 2. The second kappa shape index (κ2) is 14.3. The van der Waals surface area contributed by atoms with E-state index in [4.69, 9.17) is 0 Å². The summed E-state index contributed by atoms with van der Waals surface area (Å²) in [6.07, 6.45) is 15.8. The summed E-state index contributed by atoms with van der Waals surface area (Å²) in [5.74, 6) is 1.05. The lowest BCUT2D eigenvalue weighted by atomic mass is 9.75. The van der Waals surface area contributed by atoms with Crippen LogP contribution in [0.2, 0.25) is 0 Å². The average molecular weight is 561 g/mol. The topological polar surface area (TPSA) is 144 Å². The summed E-state index contributed by atoms with van der Waals surface area (Å²) in [7, 11) is 0. The molecule has 0 saturated heterocycles. The lowest BCUT2D eigenvalue weighted by Crippen LogP contribution is -2.38. The summed E-state index contributed by atoms with van der Waals surface area (Å²) in [5.41, 5.74) is 1.52. The van der Waals surface area contributed by atoms with Crippen LogP contribution in [-0.2, 0) is 9.59 Å². The second-order valence-corrected chi connectivity index (χ2v) is 11.1. The average Bonchev–Trinajstić information content (AvgIpc) is 2.97. The predicted molar refractivity (Wildman–Crippen MR) is 157 cm³/mol. The number of nitro benzene ring substituents is 2. The van der Waals surface area contributed by atoms with Crippen molar-refractivity contribution in [2.75, 3.05) is 0 Å². The summed E-state index contributed by atoms with van der Waals surface area (Å²) < 4.78 is 0. The molecular weight excluding hydrogens is 524 g/mol. The fourth-order valence-electron chi connectivity index (χ4n) is 5.81. The lowest BCUT2D eigenvalue weighted by Gasteiger charge is -2.34. The van der Waals surface area contributed by atoms with Gasteiger partial charge in [0.2, 0.25) is 11.8 Å². The highest BCUT2D eigenvalue weighted by Crippen LogP contribution is 2.35. The molecule has 41 heavy (non-hydrogen) atoms. The van der Waals surface area contributed by atoms with Gasteiger partial charge in [0, 0.05) is 48.5 Å². The maximum absolute atomic E-state index is 12.4. The second-order valence-electron chi connectivity index (χ2n) is 11.1. The van der Waals surface area contributed by atoms with Gasteiger partial charge in [-0.15, -0.1) is 0 Å². The van der Waals surface area contributed by atoms with Crippen molar-refractivity contribution in [3.8, 4) is 0 Å². The highest BCUT2D eigenvalue weighted by molar-refractivity contribution is 5.92. The van der Waals surface area contributed by atoms with Crippen LogP contribution in [0.1, 0.15) is 68.9 Å². The smallest absolute Gasteiger partial charge is 0.269 e. The van der Waals surface area contributed by atoms with Crippen LogP contribution in [0.3, 0.4) is 0 Å². The summed E-state index contributed by atoms with van der Waals surface area (Å²) in [5, 5.41) is 27.7. The Morgan fingerprint density at radius 1 is 0.634 bits per heavy atom. The molecule has 0 radical (unpaired) electrons. The number of non-ortho nitro benzene ring substituents is 2. The third-order valence-electron chi connectivity index (χ3n) is 8.12. The minimum absolute atomic E-state index is 0.0226. The van der Waals surface area contributed by atoms with E-state index in [0.29, 0.717) is 11.8 Å². The molecule has 2 saturated carbocycles. The number of hydrogen-bond acceptors (Lipinski definition) is 6. The van der Waals surface area contributed by atoms with Crippen LogP contribution in [0.15, 0.2) is 60.7 Å². The maximum Gasteiger partial charge on any atom is 0.269 e. The molecule has 0 aromatic heterocycles. The SMILES string of the molecule is O=C(/C=C/c1ccc([N+](=O)[O-])cc1)NC1CCC(CC2CCC(NC(=O)/C=C/c3ccc([N+](=O)[O-])cc3)CC2)CC1. The number of hydrogen-bond donors (Lipinski definition) is 2. The van der Waals surface area contributed by atoms with Crippen molar-refractivity contribution in [3.05, 3.63) is 92.0 Å². The Balaban J connectivity index is 1.11. The Labute approximate surface area is 239 Å². The maximum atomic E-state index is 12.4. The first-order valence-electron chi connectivity index (χ1n) is 14.2. The van der Waals surface area contributed by atoms with E-state index in [1.165, 1.54) is 42.8 Å². The van der Waals surface area contributed by atoms with Gasteiger partial charge in [0.15, 0.2) is 0 Å². The molecule has 2 aliphatic rings. The molecule has 0 aliphatic heterocycles. The summed E-state index contributed by atoms with van der Waals surface area (Å²) >= 11 is 0. The van der Waals surface area contributed by atoms with Crippen molar-refractivity contribution >= 4 is 35.3 Å². The summed E-state index contributed by atoms with van der Waals surface area (Å²) in [6.45, 7) is 0. The minimum Gasteiger partial charge on any atom is -0.350 e. The molecule has 2 aromatic rings.